The molecule has 19 heavy (non-hydrogen) atoms. The molecule has 2 rings (SSSR count). The van der Waals surface area contributed by atoms with E-state index < -0.39 is 0 Å². The van der Waals surface area contributed by atoms with Crippen LogP contribution < -0.4 is 10.5 Å². The predicted molar refractivity (Wildman–Crippen MR) is 72.2 cm³/mol. The molecule has 0 radical (unpaired) electrons. The van der Waals surface area contributed by atoms with Gasteiger partial charge in [-0.1, -0.05) is 12.1 Å². The van der Waals surface area contributed by atoms with Crippen molar-refractivity contribution in [2.75, 3.05) is 12.8 Å². The number of aromatic nitrogens is 2. The fraction of sp³-hybridized carbons (Fsp3) is 0.214. The molecular formula is C14H15N3O2. The maximum absolute atomic E-state index is 10.6. The highest BCUT2D eigenvalue weighted by molar-refractivity contribution is 5.80. The molecule has 0 amide bonds. The molecule has 0 aliphatic carbocycles. The SMILES string of the molecule is COc1cccc(CCc2ncc(C=O)c(N)n2)c1. The lowest BCUT2D eigenvalue weighted by Gasteiger charge is -2.05. The molecule has 0 unspecified atom stereocenters. The van der Waals surface area contributed by atoms with Gasteiger partial charge in [0.25, 0.3) is 0 Å². The molecule has 1 aromatic heterocycles. The molecule has 0 saturated carbocycles. The lowest BCUT2D eigenvalue weighted by atomic mass is 10.1. The Hall–Kier alpha value is -2.43. The number of carbonyl (C=O) groups is 1. The van der Waals surface area contributed by atoms with E-state index in [2.05, 4.69) is 9.97 Å². The monoisotopic (exact) mass is 257 g/mol. The Labute approximate surface area is 111 Å². The molecule has 0 saturated heterocycles. The third-order valence-electron chi connectivity index (χ3n) is 2.80. The summed E-state index contributed by atoms with van der Waals surface area (Å²) in [5.74, 6) is 1.69. The number of methoxy groups -OCH3 is 1. The van der Waals surface area contributed by atoms with Gasteiger partial charge in [-0.2, -0.15) is 0 Å². The van der Waals surface area contributed by atoms with Gasteiger partial charge in [-0.25, -0.2) is 9.97 Å². The third-order valence-corrected chi connectivity index (χ3v) is 2.80. The first kappa shape index (κ1) is 13.0. The Morgan fingerprint density at radius 2 is 2.21 bits per heavy atom. The van der Waals surface area contributed by atoms with Gasteiger partial charge in [0.05, 0.1) is 12.7 Å². The smallest absolute Gasteiger partial charge is 0.155 e. The van der Waals surface area contributed by atoms with Gasteiger partial charge in [0.15, 0.2) is 6.29 Å². The summed E-state index contributed by atoms with van der Waals surface area (Å²) >= 11 is 0. The zero-order chi connectivity index (χ0) is 13.7. The Balaban J connectivity index is 2.05. The van der Waals surface area contributed by atoms with Gasteiger partial charge in [0.2, 0.25) is 0 Å². The quantitative estimate of drug-likeness (QED) is 0.824. The summed E-state index contributed by atoms with van der Waals surface area (Å²) in [6, 6.07) is 7.84. The number of nitrogen functional groups attached to an aromatic ring is 1. The van der Waals surface area contributed by atoms with Crippen LogP contribution in [0.5, 0.6) is 5.75 Å². The molecule has 0 aliphatic heterocycles. The van der Waals surface area contributed by atoms with Gasteiger partial charge in [-0.15, -0.1) is 0 Å². The molecule has 2 aromatic rings. The zero-order valence-electron chi connectivity index (χ0n) is 10.7. The van der Waals surface area contributed by atoms with Gasteiger partial charge in [-0.3, -0.25) is 4.79 Å². The first-order valence-electron chi connectivity index (χ1n) is 5.92. The van der Waals surface area contributed by atoms with Crippen molar-refractivity contribution >= 4 is 12.1 Å². The number of aryl methyl sites for hydroxylation is 2. The van der Waals surface area contributed by atoms with Crippen molar-refractivity contribution in [2.24, 2.45) is 0 Å². The highest BCUT2D eigenvalue weighted by Gasteiger charge is 2.04. The normalized spacial score (nSPS) is 10.2. The Bertz CT molecular complexity index is 585. The molecule has 1 aromatic carbocycles. The van der Waals surface area contributed by atoms with Crippen molar-refractivity contribution in [2.45, 2.75) is 12.8 Å². The lowest BCUT2D eigenvalue weighted by molar-refractivity contribution is 0.112. The fourth-order valence-corrected chi connectivity index (χ4v) is 1.74. The Morgan fingerprint density at radius 1 is 1.37 bits per heavy atom. The maximum atomic E-state index is 10.6. The average Bonchev–Trinajstić information content (AvgIpc) is 2.45. The lowest BCUT2D eigenvalue weighted by Crippen LogP contribution is -2.04. The van der Waals surface area contributed by atoms with Crippen LogP contribution in [-0.4, -0.2) is 23.4 Å². The number of carbonyl (C=O) groups excluding carboxylic acids is 1. The minimum Gasteiger partial charge on any atom is -0.497 e. The van der Waals surface area contributed by atoms with E-state index in [1.807, 2.05) is 24.3 Å². The number of ether oxygens (including phenoxy) is 1. The summed E-state index contributed by atoms with van der Waals surface area (Å²) in [6.07, 6.45) is 3.56. The number of aldehydes is 1. The second-order valence-corrected chi connectivity index (χ2v) is 4.10. The fourth-order valence-electron chi connectivity index (χ4n) is 1.74. The molecule has 0 fully saturated rings. The van der Waals surface area contributed by atoms with Crippen LogP contribution in [0.1, 0.15) is 21.7 Å². The molecule has 98 valence electrons. The molecule has 0 bridgehead atoms. The third kappa shape index (κ3) is 3.28. The van der Waals surface area contributed by atoms with Gasteiger partial charge >= 0.3 is 0 Å². The number of nitrogens with two attached hydrogens (primary N) is 1. The highest BCUT2D eigenvalue weighted by atomic mass is 16.5. The van der Waals surface area contributed by atoms with Gasteiger partial charge in [0.1, 0.15) is 17.4 Å². The minimum atomic E-state index is 0.227. The summed E-state index contributed by atoms with van der Waals surface area (Å²) < 4.78 is 5.17. The van der Waals surface area contributed by atoms with Crippen LogP contribution in [0.25, 0.3) is 0 Å². The molecule has 0 spiro atoms. The number of rotatable bonds is 5. The molecule has 5 heteroatoms. The van der Waals surface area contributed by atoms with Crippen LogP contribution in [0, 0.1) is 0 Å². The predicted octanol–water partition coefficient (Wildman–Crippen LogP) is 1.67. The summed E-state index contributed by atoms with van der Waals surface area (Å²) in [6.45, 7) is 0. The molecule has 5 nitrogen and oxygen atoms in total. The van der Waals surface area contributed by atoms with Crippen molar-refractivity contribution in [3.05, 3.63) is 47.4 Å². The van der Waals surface area contributed by atoms with E-state index in [9.17, 15) is 4.79 Å². The summed E-state index contributed by atoms with van der Waals surface area (Å²) in [5, 5.41) is 0. The van der Waals surface area contributed by atoms with Crippen molar-refractivity contribution in [3.8, 4) is 5.75 Å². The second-order valence-electron chi connectivity index (χ2n) is 4.10. The van der Waals surface area contributed by atoms with Gasteiger partial charge in [-0.05, 0) is 24.1 Å². The zero-order valence-corrected chi connectivity index (χ0v) is 10.7. The highest BCUT2D eigenvalue weighted by Crippen LogP contribution is 2.14. The number of benzene rings is 1. The number of hydrogen-bond acceptors (Lipinski definition) is 5. The van der Waals surface area contributed by atoms with Crippen molar-refractivity contribution in [1.29, 1.82) is 0 Å². The van der Waals surface area contributed by atoms with Crippen LogP contribution in [0.2, 0.25) is 0 Å². The van der Waals surface area contributed by atoms with Crippen molar-refractivity contribution in [3.63, 3.8) is 0 Å². The van der Waals surface area contributed by atoms with Crippen LogP contribution in [-0.2, 0) is 12.8 Å². The minimum absolute atomic E-state index is 0.227. The van der Waals surface area contributed by atoms with E-state index in [0.717, 1.165) is 17.7 Å². The van der Waals surface area contributed by atoms with Crippen molar-refractivity contribution in [1.82, 2.24) is 9.97 Å². The van der Waals surface area contributed by atoms with Gasteiger partial charge in [0, 0.05) is 12.6 Å². The number of anilines is 1. The molecule has 1 heterocycles. The molecule has 0 aliphatic rings. The van der Waals surface area contributed by atoms with Crippen molar-refractivity contribution < 1.29 is 9.53 Å². The van der Waals surface area contributed by atoms with Gasteiger partial charge < -0.3 is 10.5 Å². The average molecular weight is 257 g/mol. The van der Waals surface area contributed by atoms with Crippen LogP contribution in [0.3, 0.4) is 0 Å². The number of nitrogens with zero attached hydrogens (tertiary/aromatic N) is 2. The van der Waals surface area contributed by atoms with E-state index in [1.165, 1.54) is 6.20 Å². The summed E-state index contributed by atoms with van der Waals surface area (Å²) in [7, 11) is 1.64. The van der Waals surface area contributed by atoms with Crippen LogP contribution >= 0.6 is 0 Å². The van der Waals surface area contributed by atoms with E-state index in [0.29, 0.717) is 24.1 Å². The van der Waals surface area contributed by atoms with E-state index >= 15 is 0 Å². The molecular weight excluding hydrogens is 242 g/mol. The van der Waals surface area contributed by atoms with E-state index in [-0.39, 0.29) is 5.82 Å². The summed E-state index contributed by atoms with van der Waals surface area (Å²) in [4.78, 5) is 18.8. The first-order chi connectivity index (χ1) is 9.22. The van der Waals surface area contributed by atoms with Crippen LogP contribution in [0.4, 0.5) is 5.82 Å². The maximum Gasteiger partial charge on any atom is 0.155 e. The molecule has 2 N–H and O–H groups in total. The van der Waals surface area contributed by atoms with Crippen LogP contribution in [0.15, 0.2) is 30.5 Å². The standard InChI is InChI=1S/C14H15N3O2/c1-19-12-4-2-3-10(7-12)5-6-13-16-8-11(9-18)14(15)17-13/h2-4,7-9H,5-6H2,1H3,(H2,15,16,17). The number of hydrogen-bond donors (Lipinski definition) is 1. The van der Waals surface area contributed by atoms with E-state index in [1.54, 1.807) is 7.11 Å². The Morgan fingerprint density at radius 3 is 2.89 bits per heavy atom. The Kier molecular flexibility index (Phi) is 4.07. The summed E-state index contributed by atoms with van der Waals surface area (Å²) in [5.41, 5.74) is 7.11. The second kappa shape index (κ2) is 5.95. The first-order valence-corrected chi connectivity index (χ1v) is 5.92. The van der Waals surface area contributed by atoms with E-state index in [4.69, 9.17) is 10.5 Å². The largest absolute Gasteiger partial charge is 0.497 e. The topological polar surface area (TPSA) is 78.1 Å². The molecule has 0 atom stereocenters.